The van der Waals surface area contributed by atoms with Gasteiger partial charge in [0, 0.05) is 23.6 Å². The molecule has 0 aliphatic rings. The molecule has 23 heavy (non-hydrogen) atoms. The monoisotopic (exact) mass is 378 g/mol. The van der Waals surface area contributed by atoms with Crippen LogP contribution in [0.15, 0.2) is 34.8 Å². The Kier molecular flexibility index (Phi) is 5.92. The van der Waals surface area contributed by atoms with Crippen LogP contribution in [0, 0.1) is 0 Å². The molecule has 0 aliphatic carbocycles. The van der Waals surface area contributed by atoms with Crippen molar-refractivity contribution in [3.63, 3.8) is 0 Å². The topological polar surface area (TPSA) is 78.1 Å². The third-order valence-corrected chi connectivity index (χ3v) is 3.78. The second-order valence-electron chi connectivity index (χ2n) is 5.18. The summed E-state index contributed by atoms with van der Waals surface area (Å²) in [6, 6.07) is 9.34. The first kappa shape index (κ1) is 17.2. The Morgan fingerprint density at radius 3 is 2.65 bits per heavy atom. The summed E-state index contributed by atoms with van der Waals surface area (Å²) < 4.78 is 0.978. The smallest absolute Gasteiger partial charge is 0.272 e. The molecule has 0 saturated heterocycles. The molecule has 0 unspecified atom stereocenters. The molecule has 0 bridgehead atoms. The second-order valence-corrected chi connectivity index (χ2v) is 6.10. The third kappa shape index (κ3) is 4.66. The lowest BCUT2D eigenvalue weighted by Crippen LogP contribution is -2.38. The molecule has 0 aliphatic heterocycles. The lowest BCUT2D eigenvalue weighted by Gasteiger charge is -2.15. The fraction of sp³-hybridized carbons (Fsp3) is 0.312. The summed E-state index contributed by atoms with van der Waals surface area (Å²) in [4.78, 5) is 25.4. The van der Waals surface area contributed by atoms with Gasteiger partial charge in [-0.15, -0.1) is 0 Å². The van der Waals surface area contributed by atoms with E-state index in [-0.39, 0.29) is 18.4 Å². The minimum atomic E-state index is -0.271. The largest absolute Gasteiger partial charge is 0.355 e. The highest BCUT2D eigenvalue weighted by atomic mass is 79.9. The Hall–Kier alpha value is -2.15. The molecule has 122 valence electrons. The van der Waals surface area contributed by atoms with E-state index in [4.69, 9.17) is 0 Å². The van der Waals surface area contributed by atoms with Crippen LogP contribution in [0.3, 0.4) is 0 Å². The maximum Gasteiger partial charge on any atom is 0.272 e. The van der Waals surface area contributed by atoms with E-state index in [0.717, 1.165) is 16.5 Å². The first-order valence-corrected chi connectivity index (χ1v) is 8.14. The Bertz CT molecular complexity index is 682. The average Bonchev–Trinajstić information content (AvgIpc) is 3.02. The molecule has 1 heterocycles. The first-order valence-electron chi connectivity index (χ1n) is 7.34. The van der Waals surface area contributed by atoms with Crippen molar-refractivity contribution in [3.8, 4) is 11.3 Å². The molecule has 6 nitrogen and oxygen atoms in total. The number of likely N-dealkylation sites (N-methyl/N-ethyl adjacent to an activating group) is 1. The number of nitrogens with one attached hydrogen (secondary N) is 2. The Morgan fingerprint density at radius 2 is 2.00 bits per heavy atom. The van der Waals surface area contributed by atoms with Crippen molar-refractivity contribution in [3.05, 3.63) is 40.5 Å². The quantitative estimate of drug-likeness (QED) is 0.809. The number of aromatic nitrogens is 2. The molecule has 0 radical (unpaired) electrons. The van der Waals surface area contributed by atoms with Crippen molar-refractivity contribution >= 4 is 27.7 Å². The second kappa shape index (κ2) is 7.92. The predicted octanol–water partition coefficient (Wildman–Crippen LogP) is 2.44. The van der Waals surface area contributed by atoms with Gasteiger partial charge in [-0.3, -0.25) is 14.7 Å². The molecule has 0 fully saturated rings. The number of halogens is 1. The van der Waals surface area contributed by atoms with E-state index in [2.05, 4.69) is 31.4 Å². The molecule has 2 rings (SSSR count). The maximum atomic E-state index is 12.3. The number of carbonyl (C=O) groups excluding carboxylic acids is 2. The van der Waals surface area contributed by atoms with Gasteiger partial charge in [0.2, 0.25) is 5.91 Å². The molecular formula is C16H19BrN4O2. The number of hydrogen-bond acceptors (Lipinski definition) is 3. The Balaban J connectivity index is 2.03. The number of amides is 2. The number of hydrogen-bond donors (Lipinski definition) is 2. The normalized spacial score (nSPS) is 10.4. The summed E-state index contributed by atoms with van der Waals surface area (Å²) in [5, 5.41) is 9.63. The minimum Gasteiger partial charge on any atom is -0.355 e. The van der Waals surface area contributed by atoms with Crippen molar-refractivity contribution < 1.29 is 9.59 Å². The molecule has 2 amide bonds. The van der Waals surface area contributed by atoms with Gasteiger partial charge in [-0.1, -0.05) is 35.0 Å². The van der Waals surface area contributed by atoms with Crippen molar-refractivity contribution in [1.82, 2.24) is 20.4 Å². The summed E-state index contributed by atoms with van der Waals surface area (Å²) in [5.74, 6) is -0.442. The maximum absolute atomic E-state index is 12.3. The minimum absolute atomic E-state index is 0.0193. The lowest BCUT2D eigenvalue weighted by atomic mass is 10.1. The zero-order valence-electron chi connectivity index (χ0n) is 13.1. The molecule has 2 N–H and O–H groups in total. The summed E-state index contributed by atoms with van der Waals surface area (Å²) in [6.07, 6.45) is 0.862. The Morgan fingerprint density at radius 1 is 1.30 bits per heavy atom. The fourth-order valence-corrected chi connectivity index (χ4v) is 2.28. The van der Waals surface area contributed by atoms with Crippen LogP contribution in [0.1, 0.15) is 23.8 Å². The van der Waals surface area contributed by atoms with E-state index in [1.54, 1.807) is 13.1 Å². The SMILES string of the molecule is CCCNC(=O)CN(C)C(=O)c1cc(-c2ccc(Br)cc2)n[nH]1. The number of aromatic amines is 1. The molecule has 0 spiro atoms. The molecule has 2 aromatic rings. The van der Waals surface area contributed by atoms with Gasteiger partial charge in [0.05, 0.1) is 12.2 Å². The van der Waals surface area contributed by atoms with Crippen LogP contribution >= 0.6 is 15.9 Å². The molecule has 0 saturated carbocycles. The van der Waals surface area contributed by atoms with Gasteiger partial charge in [0.15, 0.2) is 0 Å². The summed E-state index contributed by atoms with van der Waals surface area (Å²) >= 11 is 3.38. The van der Waals surface area contributed by atoms with Crippen molar-refractivity contribution in [2.24, 2.45) is 0 Å². The van der Waals surface area contributed by atoms with Gasteiger partial charge < -0.3 is 10.2 Å². The number of H-pyrrole nitrogens is 1. The fourth-order valence-electron chi connectivity index (χ4n) is 2.01. The lowest BCUT2D eigenvalue weighted by molar-refractivity contribution is -0.121. The summed E-state index contributed by atoms with van der Waals surface area (Å²) in [6.45, 7) is 2.60. The van der Waals surface area contributed by atoms with Gasteiger partial charge in [-0.05, 0) is 24.6 Å². The Labute approximate surface area is 143 Å². The summed E-state index contributed by atoms with van der Waals surface area (Å²) in [5.41, 5.74) is 1.95. The van der Waals surface area contributed by atoms with E-state index in [1.807, 2.05) is 31.2 Å². The average molecular weight is 379 g/mol. The molecule has 7 heteroatoms. The van der Waals surface area contributed by atoms with Crippen molar-refractivity contribution in [1.29, 1.82) is 0 Å². The van der Waals surface area contributed by atoms with Gasteiger partial charge in [-0.25, -0.2) is 0 Å². The van der Waals surface area contributed by atoms with Gasteiger partial charge in [0.25, 0.3) is 5.91 Å². The highest BCUT2D eigenvalue weighted by Gasteiger charge is 2.17. The standard InChI is InChI=1S/C16H19BrN4O2/c1-3-8-18-15(22)10-21(2)16(23)14-9-13(19-20-14)11-4-6-12(17)7-5-11/h4-7,9H,3,8,10H2,1-2H3,(H,18,22)(H,19,20). The van der Waals surface area contributed by atoms with E-state index >= 15 is 0 Å². The zero-order valence-corrected chi connectivity index (χ0v) is 14.7. The molecule has 1 aromatic heterocycles. The third-order valence-electron chi connectivity index (χ3n) is 3.25. The summed E-state index contributed by atoms with van der Waals surface area (Å²) in [7, 11) is 1.59. The zero-order chi connectivity index (χ0) is 16.8. The van der Waals surface area contributed by atoms with Crippen LogP contribution in [0.2, 0.25) is 0 Å². The van der Waals surface area contributed by atoms with Crippen molar-refractivity contribution in [2.45, 2.75) is 13.3 Å². The van der Waals surface area contributed by atoms with Gasteiger partial charge >= 0.3 is 0 Å². The van der Waals surface area contributed by atoms with E-state index in [9.17, 15) is 9.59 Å². The predicted molar refractivity (Wildman–Crippen MR) is 92.0 cm³/mol. The van der Waals surface area contributed by atoms with Crippen LogP contribution in [-0.4, -0.2) is 47.0 Å². The molecule has 1 aromatic carbocycles. The number of carbonyl (C=O) groups is 2. The number of nitrogens with zero attached hydrogens (tertiary/aromatic N) is 2. The van der Waals surface area contributed by atoms with Gasteiger partial charge in [-0.2, -0.15) is 5.10 Å². The van der Waals surface area contributed by atoms with Crippen LogP contribution in [0.4, 0.5) is 0 Å². The first-order chi connectivity index (χ1) is 11.0. The van der Waals surface area contributed by atoms with Crippen LogP contribution in [0.5, 0.6) is 0 Å². The number of benzene rings is 1. The van der Waals surface area contributed by atoms with E-state index in [0.29, 0.717) is 17.9 Å². The highest BCUT2D eigenvalue weighted by Crippen LogP contribution is 2.20. The number of rotatable bonds is 6. The van der Waals surface area contributed by atoms with Crippen molar-refractivity contribution in [2.75, 3.05) is 20.1 Å². The molecule has 0 atom stereocenters. The molecular weight excluding hydrogens is 360 g/mol. The van der Waals surface area contributed by atoms with E-state index in [1.165, 1.54) is 4.90 Å². The van der Waals surface area contributed by atoms with Crippen LogP contribution < -0.4 is 5.32 Å². The van der Waals surface area contributed by atoms with Gasteiger partial charge in [0.1, 0.15) is 5.69 Å². The van der Waals surface area contributed by atoms with E-state index < -0.39 is 0 Å². The van der Waals surface area contributed by atoms with Crippen LogP contribution in [-0.2, 0) is 4.79 Å². The van der Waals surface area contributed by atoms with Crippen LogP contribution in [0.25, 0.3) is 11.3 Å². The highest BCUT2D eigenvalue weighted by molar-refractivity contribution is 9.10.